The number of nitriles is 1. The van der Waals surface area contributed by atoms with Gasteiger partial charge in [-0.15, -0.1) is 0 Å². The van der Waals surface area contributed by atoms with E-state index in [1.54, 1.807) is 6.92 Å². The van der Waals surface area contributed by atoms with Crippen molar-refractivity contribution >= 4 is 11.6 Å². The second-order valence-electron chi connectivity index (χ2n) is 3.75. The average Bonchev–Trinajstić information content (AvgIpc) is 2.33. The lowest BCUT2D eigenvalue weighted by atomic mass is 10.1. The Bertz CT molecular complexity index is 479. The Morgan fingerprint density at radius 1 is 1.65 bits per heavy atom. The van der Waals surface area contributed by atoms with Crippen molar-refractivity contribution in [1.82, 2.24) is 0 Å². The number of carbonyl (C=O) groups is 1. The number of nitrogens with one attached hydrogen (secondary N) is 1. The highest BCUT2D eigenvalue weighted by molar-refractivity contribution is 5.95. The van der Waals surface area contributed by atoms with Gasteiger partial charge in [-0.2, -0.15) is 5.26 Å². The summed E-state index contributed by atoms with van der Waals surface area (Å²) in [6.07, 6.45) is 0.491. The highest BCUT2D eigenvalue weighted by Gasteiger charge is 2.14. The Hall–Kier alpha value is -1.93. The topological polar surface area (TPSA) is 78.9 Å². The predicted molar refractivity (Wildman–Crippen MR) is 62.7 cm³/mol. The van der Waals surface area contributed by atoms with Gasteiger partial charge < -0.3 is 11.1 Å². The van der Waals surface area contributed by atoms with Crippen molar-refractivity contribution in [3.05, 3.63) is 29.1 Å². The van der Waals surface area contributed by atoms with Gasteiger partial charge in [-0.25, -0.2) is 4.39 Å². The van der Waals surface area contributed by atoms with Gasteiger partial charge in [-0.05, 0) is 25.5 Å². The van der Waals surface area contributed by atoms with Gasteiger partial charge >= 0.3 is 0 Å². The average molecular weight is 235 g/mol. The molecule has 1 rings (SSSR count). The van der Waals surface area contributed by atoms with Gasteiger partial charge in [0, 0.05) is 11.3 Å². The van der Waals surface area contributed by atoms with Gasteiger partial charge in [0.05, 0.1) is 17.7 Å². The monoisotopic (exact) mass is 235 g/mol. The van der Waals surface area contributed by atoms with Crippen molar-refractivity contribution in [3.63, 3.8) is 0 Å². The molecule has 5 heteroatoms. The first kappa shape index (κ1) is 13.1. The molecule has 0 saturated carbocycles. The molecule has 1 unspecified atom stereocenters. The summed E-state index contributed by atoms with van der Waals surface area (Å²) in [5.74, 6) is -0.908. The number of rotatable bonds is 3. The summed E-state index contributed by atoms with van der Waals surface area (Å²) in [4.78, 5) is 11.6. The van der Waals surface area contributed by atoms with Crippen LogP contribution in [-0.4, -0.2) is 11.9 Å². The molecule has 1 amide bonds. The van der Waals surface area contributed by atoms with E-state index in [4.69, 9.17) is 11.0 Å². The van der Waals surface area contributed by atoms with Crippen LogP contribution in [0.5, 0.6) is 0 Å². The largest absolute Gasteiger partial charge is 0.324 e. The minimum atomic E-state index is -0.636. The molecule has 0 aliphatic rings. The maximum absolute atomic E-state index is 13.4. The molecular formula is C12H14FN3O. The molecule has 3 N–H and O–H groups in total. The lowest BCUT2D eigenvalue weighted by Gasteiger charge is -2.12. The SMILES string of the molecule is CCC(N)C(=O)Nc1cc(C#N)cc(F)c1C. The fourth-order valence-corrected chi connectivity index (χ4v) is 1.28. The molecule has 0 radical (unpaired) electrons. The van der Waals surface area contributed by atoms with E-state index in [0.29, 0.717) is 12.0 Å². The first-order chi connectivity index (χ1) is 7.99. The van der Waals surface area contributed by atoms with Crippen LogP contribution in [0.25, 0.3) is 0 Å². The molecule has 0 spiro atoms. The first-order valence-electron chi connectivity index (χ1n) is 5.26. The number of carbonyl (C=O) groups excluding carboxylic acids is 1. The zero-order valence-corrected chi connectivity index (χ0v) is 9.75. The summed E-state index contributed by atoms with van der Waals surface area (Å²) in [7, 11) is 0. The van der Waals surface area contributed by atoms with Crippen molar-refractivity contribution < 1.29 is 9.18 Å². The second-order valence-corrected chi connectivity index (χ2v) is 3.75. The van der Waals surface area contributed by atoms with Gasteiger partial charge in [-0.1, -0.05) is 6.92 Å². The van der Waals surface area contributed by atoms with Gasteiger partial charge in [0.2, 0.25) is 5.91 Å². The standard InChI is InChI=1S/C12H14FN3O/c1-3-10(15)12(17)16-11-5-8(6-14)4-9(13)7(11)2/h4-5,10H,3,15H2,1-2H3,(H,16,17). The molecule has 90 valence electrons. The first-order valence-corrected chi connectivity index (χ1v) is 5.26. The molecule has 0 aliphatic carbocycles. The normalized spacial score (nSPS) is 11.7. The zero-order chi connectivity index (χ0) is 13.0. The summed E-state index contributed by atoms with van der Waals surface area (Å²) < 4.78 is 13.4. The molecule has 1 aromatic rings. The summed E-state index contributed by atoms with van der Waals surface area (Å²) in [5.41, 5.74) is 6.29. The maximum Gasteiger partial charge on any atom is 0.241 e. The third-order valence-electron chi connectivity index (χ3n) is 2.51. The molecule has 0 bridgehead atoms. The summed E-state index contributed by atoms with van der Waals surface area (Å²) in [5, 5.41) is 11.2. The third-order valence-corrected chi connectivity index (χ3v) is 2.51. The second kappa shape index (κ2) is 5.41. The molecule has 0 fully saturated rings. The smallest absolute Gasteiger partial charge is 0.241 e. The van der Waals surface area contributed by atoms with Crippen molar-refractivity contribution in [2.45, 2.75) is 26.3 Å². The summed E-state index contributed by atoms with van der Waals surface area (Å²) in [6, 6.07) is 3.75. The van der Waals surface area contributed by atoms with Crippen molar-refractivity contribution in [2.24, 2.45) is 5.73 Å². The lowest BCUT2D eigenvalue weighted by Crippen LogP contribution is -2.35. The van der Waals surface area contributed by atoms with Crippen molar-refractivity contribution in [3.8, 4) is 6.07 Å². The Kier molecular flexibility index (Phi) is 4.18. The van der Waals surface area contributed by atoms with Gasteiger partial charge in [0.15, 0.2) is 0 Å². The van der Waals surface area contributed by atoms with Gasteiger partial charge in [0.1, 0.15) is 5.82 Å². The number of anilines is 1. The highest BCUT2D eigenvalue weighted by Crippen LogP contribution is 2.20. The van der Waals surface area contributed by atoms with Crippen LogP contribution in [0.4, 0.5) is 10.1 Å². The Labute approximate surface area is 99.2 Å². The molecule has 0 aliphatic heterocycles. The molecule has 1 atom stereocenters. The molecule has 0 saturated heterocycles. The highest BCUT2D eigenvalue weighted by atomic mass is 19.1. The zero-order valence-electron chi connectivity index (χ0n) is 9.75. The molecule has 17 heavy (non-hydrogen) atoms. The van der Waals surface area contributed by atoms with E-state index >= 15 is 0 Å². The van der Waals surface area contributed by atoms with Crippen molar-refractivity contribution in [2.75, 3.05) is 5.32 Å². The summed E-state index contributed by atoms with van der Waals surface area (Å²) >= 11 is 0. The number of nitrogens with two attached hydrogens (primary N) is 1. The maximum atomic E-state index is 13.4. The fourth-order valence-electron chi connectivity index (χ4n) is 1.28. The van der Waals surface area contributed by atoms with E-state index in [2.05, 4.69) is 5.32 Å². The molecule has 1 aromatic carbocycles. The van der Waals surface area contributed by atoms with E-state index in [-0.39, 0.29) is 17.2 Å². The quantitative estimate of drug-likeness (QED) is 0.836. The number of hydrogen-bond donors (Lipinski definition) is 2. The van der Waals surface area contributed by atoms with Crippen LogP contribution in [0.1, 0.15) is 24.5 Å². The van der Waals surface area contributed by atoms with Crippen LogP contribution in [0.3, 0.4) is 0 Å². The van der Waals surface area contributed by atoms with Crippen LogP contribution < -0.4 is 11.1 Å². The summed E-state index contributed by atoms with van der Waals surface area (Å²) in [6.45, 7) is 3.31. The van der Waals surface area contributed by atoms with Crippen LogP contribution in [0.2, 0.25) is 0 Å². The van der Waals surface area contributed by atoms with Gasteiger partial charge in [0.25, 0.3) is 0 Å². The lowest BCUT2D eigenvalue weighted by molar-refractivity contribution is -0.117. The number of hydrogen-bond acceptors (Lipinski definition) is 3. The van der Waals surface area contributed by atoms with E-state index in [1.807, 2.05) is 6.07 Å². The van der Waals surface area contributed by atoms with E-state index in [0.717, 1.165) is 6.07 Å². The molecule has 4 nitrogen and oxygen atoms in total. The predicted octanol–water partition coefficient (Wildman–Crippen LogP) is 1.68. The van der Waals surface area contributed by atoms with E-state index < -0.39 is 11.9 Å². The minimum Gasteiger partial charge on any atom is -0.324 e. The minimum absolute atomic E-state index is 0.161. The number of halogens is 1. The van der Waals surface area contributed by atoms with Crippen LogP contribution in [0, 0.1) is 24.1 Å². The van der Waals surface area contributed by atoms with Gasteiger partial charge in [-0.3, -0.25) is 4.79 Å². The third kappa shape index (κ3) is 3.02. The van der Waals surface area contributed by atoms with Crippen LogP contribution >= 0.6 is 0 Å². The van der Waals surface area contributed by atoms with Crippen LogP contribution in [0.15, 0.2) is 12.1 Å². The molecular weight excluding hydrogens is 221 g/mol. The van der Waals surface area contributed by atoms with E-state index in [1.165, 1.54) is 13.0 Å². The number of amides is 1. The Balaban J connectivity index is 3.03. The fraction of sp³-hybridized carbons (Fsp3) is 0.333. The van der Waals surface area contributed by atoms with Crippen LogP contribution in [-0.2, 0) is 4.79 Å². The van der Waals surface area contributed by atoms with E-state index in [9.17, 15) is 9.18 Å². The molecule has 0 aromatic heterocycles. The Morgan fingerprint density at radius 2 is 2.29 bits per heavy atom. The number of nitrogens with zero attached hydrogens (tertiary/aromatic N) is 1. The molecule has 0 heterocycles. The Morgan fingerprint density at radius 3 is 2.82 bits per heavy atom. The number of benzene rings is 1. The van der Waals surface area contributed by atoms with Crippen molar-refractivity contribution in [1.29, 1.82) is 5.26 Å².